The molecule has 0 atom stereocenters. The van der Waals surface area contributed by atoms with Crippen LogP contribution in [0.3, 0.4) is 0 Å². The lowest BCUT2D eigenvalue weighted by atomic mass is 9.62. The number of hydrogen-bond donors (Lipinski definition) is 1. The summed E-state index contributed by atoms with van der Waals surface area (Å²) in [6, 6.07) is 0. The molecule has 2 aliphatic carbocycles. The smallest absolute Gasteiger partial charge is 0.00639 e. The summed E-state index contributed by atoms with van der Waals surface area (Å²) in [4.78, 5) is 0. The van der Waals surface area contributed by atoms with Gasteiger partial charge in [0.05, 0.1) is 0 Å². The average Bonchev–Trinajstić information content (AvgIpc) is 2.02. The van der Waals surface area contributed by atoms with Gasteiger partial charge in [0, 0.05) is 12.7 Å². The van der Waals surface area contributed by atoms with Gasteiger partial charge in [-0.2, -0.15) is 0 Å². The third kappa shape index (κ3) is 1.17. The Balaban J connectivity index is 1.98. The first-order valence-electron chi connectivity index (χ1n) is 4.71. The number of rotatable bonds is 1. The molecule has 2 rings (SSSR count). The van der Waals surface area contributed by atoms with E-state index in [1.165, 1.54) is 44.2 Å². The first-order chi connectivity index (χ1) is 5.35. The molecule has 11 heavy (non-hydrogen) atoms. The summed E-state index contributed by atoms with van der Waals surface area (Å²) in [5.41, 5.74) is 2.22. The van der Waals surface area contributed by atoms with Crippen LogP contribution in [0.5, 0.6) is 0 Å². The normalized spacial score (nSPS) is 27.5. The van der Waals surface area contributed by atoms with Gasteiger partial charge in [0.1, 0.15) is 0 Å². The second kappa shape index (κ2) is 2.54. The molecule has 1 spiro atoms. The third-order valence-corrected chi connectivity index (χ3v) is 3.44. The van der Waals surface area contributed by atoms with E-state index in [2.05, 4.69) is 11.4 Å². The van der Waals surface area contributed by atoms with Gasteiger partial charge < -0.3 is 5.32 Å². The van der Waals surface area contributed by atoms with Crippen LogP contribution < -0.4 is 5.32 Å². The maximum absolute atomic E-state index is 3.25. The highest BCUT2D eigenvalue weighted by molar-refractivity contribution is 5.09. The van der Waals surface area contributed by atoms with Crippen LogP contribution in [0.2, 0.25) is 0 Å². The summed E-state index contributed by atoms with van der Waals surface area (Å²) in [6.45, 7) is 0. The van der Waals surface area contributed by atoms with Crippen LogP contribution in [-0.2, 0) is 0 Å². The van der Waals surface area contributed by atoms with Crippen molar-refractivity contribution >= 4 is 0 Å². The third-order valence-electron chi connectivity index (χ3n) is 3.44. The van der Waals surface area contributed by atoms with Crippen molar-refractivity contribution in [3.63, 3.8) is 0 Å². The molecule has 1 saturated carbocycles. The Labute approximate surface area is 68.9 Å². The van der Waals surface area contributed by atoms with Gasteiger partial charge in [-0.15, -0.1) is 0 Å². The van der Waals surface area contributed by atoms with Gasteiger partial charge in [-0.3, -0.25) is 0 Å². The van der Waals surface area contributed by atoms with E-state index < -0.39 is 0 Å². The second-order valence-corrected chi connectivity index (χ2v) is 4.04. The zero-order valence-corrected chi connectivity index (χ0v) is 7.32. The molecule has 1 nitrogen and oxygen atoms in total. The Bertz CT molecular complexity index is 177. The fourth-order valence-electron chi connectivity index (χ4n) is 2.30. The van der Waals surface area contributed by atoms with Crippen molar-refractivity contribution in [2.24, 2.45) is 5.41 Å². The van der Waals surface area contributed by atoms with E-state index in [0.717, 1.165) is 5.41 Å². The van der Waals surface area contributed by atoms with Crippen molar-refractivity contribution in [1.29, 1.82) is 0 Å². The van der Waals surface area contributed by atoms with Crippen molar-refractivity contribution < 1.29 is 0 Å². The lowest BCUT2D eigenvalue weighted by molar-refractivity contribution is 0.115. The largest absolute Gasteiger partial charge is 0.392 e. The topological polar surface area (TPSA) is 12.0 Å². The molecule has 0 saturated heterocycles. The van der Waals surface area contributed by atoms with Gasteiger partial charge in [-0.05, 0) is 37.5 Å². The van der Waals surface area contributed by atoms with Crippen LogP contribution >= 0.6 is 0 Å². The van der Waals surface area contributed by atoms with Crippen LogP contribution in [0.1, 0.15) is 38.5 Å². The van der Waals surface area contributed by atoms with Gasteiger partial charge in [0.2, 0.25) is 0 Å². The summed E-state index contributed by atoms with van der Waals surface area (Å²) in [5.74, 6) is 0. The zero-order chi connectivity index (χ0) is 7.73. The lowest BCUT2D eigenvalue weighted by Crippen LogP contribution is -2.32. The maximum Gasteiger partial charge on any atom is 0.00639 e. The molecule has 0 aliphatic heterocycles. The molecule has 62 valence electrons. The summed E-state index contributed by atoms with van der Waals surface area (Å²) < 4.78 is 0. The van der Waals surface area contributed by atoms with Gasteiger partial charge in [0.25, 0.3) is 0 Å². The Morgan fingerprint density at radius 3 is 2.55 bits per heavy atom. The van der Waals surface area contributed by atoms with E-state index in [1.807, 2.05) is 7.05 Å². The second-order valence-electron chi connectivity index (χ2n) is 4.04. The molecular weight excluding hydrogens is 134 g/mol. The highest BCUT2D eigenvalue weighted by Gasteiger charge is 2.37. The van der Waals surface area contributed by atoms with Crippen LogP contribution in [0.15, 0.2) is 11.8 Å². The van der Waals surface area contributed by atoms with Crippen LogP contribution in [0.4, 0.5) is 0 Å². The molecule has 0 amide bonds. The molecule has 0 bridgehead atoms. The van der Waals surface area contributed by atoms with Crippen molar-refractivity contribution in [2.45, 2.75) is 38.5 Å². The Morgan fingerprint density at radius 2 is 2.18 bits per heavy atom. The molecule has 0 aromatic carbocycles. The maximum atomic E-state index is 3.25. The molecule has 0 radical (unpaired) electrons. The van der Waals surface area contributed by atoms with Crippen molar-refractivity contribution in [3.05, 3.63) is 11.8 Å². The molecule has 0 aromatic heterocycles. The molecule has 0 heterocycles. The van der Waals surface area contributed by atoms with Crippen LogP contribution in [0, 0.1) is 5.41 Å². The zero-order valence-electron chi connectivity index (χ0n) is 7.32. The fraction of sp³-hybridized carbons (Fsp3) is 0.800. The van der Waals surface area contributed by atoms with E-state index in [9.17, 15) is 0 Å². The van der Waals surface area contributed by atoms with E-state index in [-0.39, 0.29) is 0 Å². The molecule has 1 N–H and O–H groups in total. The molecular formula is C10H17N. The monoisotopic (exact) mass is 151 g/mol. The Kier molecular flexibility index (Phi) is 1.67. The summed E-state index contributed by atoms with van der Waals surface area (Å²) in [5, 5.41) is 3.25. The van der Waals surface area contributed by atoms with Gasteiger partial charge in [-0.1, -0.05) is 12.5 Å². The van der Waals surface area contributed by atoms with Crippen LogP contribution in [0.25, 0.3) is 0 Å². The van der Waals surface area contributed by atoms with Crippen molar-refractivity contribution in [2.75, 3.05) is 7.05 Å². The summed E-state index contributed by atoms with van der Waals surface area (Å²) in [7, 11) is 2.03. The van der Waals surface area contributed by atoms with Gasteiger partial charge >= 0.3 is 0 Å². The molecule has 2 aliphatic rings. The minimum atomic E-state index is 0.764. The van der Waals surface area contributed by atoms with E-state index in [4.69, 9.17) is 0 Å². The first-order valence-corrected chi connectivity index (χ1v) is 4.71. The predicted molar refractivity (Wildman–Crippen MR) is 47.3 cm³/mol. The van der Waals surface area contributed by atoms with Crippen molar-refractivity contribution in [1.82, 2.24) is 5.32 Å². The Hall–Kier alpha value is -0.460. The minimum Gasteiger partial charge on any atom is -0.392 e. The number of hydrogen-bond acceptors (Lipinski definition) is 1. The molecule has 0 unspecified atom stereocenters. The molecule has 1 heteroatoms. The van der Waals surface area contributed by atoms with Crippen LogP contribution in [-0.4, -0.2) is 7.05 Å². The van der Waals surface area contributed by atoms with E-state index in [1.54, 1.807) is 0 Å². The summed E-state index contributed by atoms with van der Waals surface area (Å²) >= 11 is 0. The minimum absolute atomic E-state index is 0.764. The van der Waals surface area contributed by atoms with Gasteiger partial charge in [0.15, 0.2) is 0 Å². The SMILES string of the molecule is CNC1=CCC2(CCC2)CC1. The van der Waals surface area contributed by atoms with E-state index >= 15 is 0 Å². The quantitative estimate of drug-likeness (QED) is 0.607. The number of nitrogens with one attached hydrogen (secondary N) is 1. The molecule has 0 aromatic rings. The van der Waals surface area contributed by atoms with Gasteiger partial charge in [-0.25, -0.2) is 0 Å². The number of allylic oxidation sites excluding steroid dienone is 2. The van der Waals surface area contributed by atoms with E-state index in [0.29, 0.717) is 0 Å². The predicted octanol–water partition coefficient (Wildman–Crippen LogP) is 2.44. The highest BCUT2D eigenvalue weighted by atomic mass is 14.8. The Morgan fingerprint density at radius 1 is 1.36 bits per heavy atom. The van der Waals surface area contributed by atoms with Crippen molar-refractivity contribution in [3.8, 4) is 0 Å². The fourth-order valence-corrected chi connectivity index (χ4v) is 2.30. The summed E-state index contributed by atoms with van der Waals surface area (Å²) in [6.07, 6.45) is 10.9. The first kappa shape index (κ1) is 7.20. The average molecular weight is 151 g/mol. The highest BCUT2D eigenvalue weighted by Crippen LogP contribution is 2.50. The molecule has 1 fully saturated rings. The lowest BCUT2D eigenvalue weighted by Gasteiger charge is -2.44. The standard InChI is InChI=1S/C10H17N/c1-11-9-3-7-10(8-4-9)5-2-6-10/h3,11H,2,4-8H2,1H3.